The molecule has 0 amide bonds. The summed E-state index contributed by atoms with van der Waals surface area (Å²) in [5.41, 5.74) is 4.44. The molecule has 0 aliphatic rings. The first-order valence-corrected chi connectivity index (χ1v) is 6.56. The Morgan fingerprint density at radius 2 is 2.00 bits per heavy atom. The van der Waals surface area contributed by atoms with E-state index in [2.05, 4.69) is 48.9 Å². The summed E-state index contributed by atoms with van der Waals surface area (Å²) < 4.78 is 5.91. The van der Waals surface area contributed by atoms with Crippen LogP contribution in [0, 0.1) is 13.8 Å². The highest BCUT2D eigenvalue weighted by atomic mass is 16.5. The van der Waals surface area contributed by atoms with E-state index >= 15 is 0 Å². The summed E-state index contributed by atoms with van der Waals surface area (Å²) in [7, 11) is 0. The van der Waals surface area contributed by atoms with Crippen molar-refractivity contribution in [2.75, 3.05) is 0 Å². The molecule has 1 aromatic carbocycles. The highest BCUT2D eigenvalue weighted by molar-refractivity contribution is 5.38. The van der Waals surface area contributed by atoms with Crippen molar-refractivity contribution in [1.82, 2.24) is 9.97 Å². The van der Waals surface area contributed by atoms with Gasteiger partial charge in [0.25, 0.3) is 0 Å². The number of nitrogens with zero attached hydrogens (tertiary/aromatic N) is 2. The number of aryl methyl sites for hydroxylation is 2. The summed E-state index contributed by atoms with van der Waals surface area (Å²) in [5, 5.41) is 0. The summed E-state index contributed by atoms with van der Waals surface area (Å²) in [6.45, 7) is 8.91. The molecule has 0 bridgehead atoms. The Morgan fingerprint density at radius 3 is 2.68 bits per heavy atom. The Balaban J connectivity index is 2.15. The minimum atomic E-state index is 0.504. The molecule has 1 heterocycles. The monoisotopic (exact) mass is 256 g/mol. The molecule has 0 aliphatic carbocycles. The van der Waals surface area contributed by atoms with Gasteiger partial charge in [-0.05, 0) is 37.0 Å². The Hall–Kier alpha value is -1.90. The zero-order chi connectivity index (χ0) is 13.8. The second kappa shape index (κ2) is 5.83. The van der Waals surface area contributed by atoms with Gasteiger partial charge in [-0.1, -0.05) is 26.0 Å². The number of benzene rings is 1. The minimum Gasteiger partial charge on any atom is -0.488 e. The molecule has 0 aliphatic heterocycles. The molecule has 2 aromatic rings. The van der Waals surface area contributed by atoms with E-state index < -0.39 is 0 Å². The summed E-state index contributed by atoms with van der Waals surface area (Å²) >= 11 is 0. The average Bonchev–Trinajstić information content (AvgIpc) is 2.39. The van der Waals surface area contributed by atoms with Gasteiger partial charge in [0.1, 0.15) is 18.7 Å². The molecule has 0 unspecified atom stereocenters. The smallest absolute Gasteiger partial charge is 0.123 e. The predicted octanol–water partition coefficient (Wildman–Crippen LogP) is 3.80. The van der Waals surface area contributed by atoms with Crippen molar-refractivity contribution >= 4 is 0 Å². The fraction of sp³-hybridized carbons (Fsp3) is 0.375. The first-order valence-electron chi connectivity index (χ1n) is 6.56. The van der Waals surface area contributed by atoms with Crippen molar-refractivity contribution in [3.05, 3.63) is 53.1 Å². The second-order valence-electron chi connectivity index (χ2n) is 5.10. The van der Waals surface area contributed by atoms with Crippen LogP contribution in [0.15, 0.2) is 30.7 Å². The first-order chi connectivity index (χ1) is 9.08. The topological polar surface area (TPSA) is 35.0 Å². The summed E-state index contributed by atoms with van der Waals surface area (Å²) in [6, 6.07) is 6.39. The van der Waals surface area contributed by atoms with E-state index in [9.17, 15) is 0 Å². The van der Waals surface area contributed by atoms with Crippen LogP contribution >= 0.6 is 0 Å². The Bertz CT molecular complexity index is 564. The number of hydrogen-bond donors (Lipinski definition) is 0. The molecule has 3 heteroatoms. The highest BCUT2D eigenvalue weighted by Crippen LogP contribution is 2.25. The van der Waals surface area contributed by atoms with Crippen molar-refractivity contribution in [1.29, 1.82) is 0 Å². The summed E-state index contributed by atoms with van der Waals surface area (Å²) in [4.78, 5) is 8.20. The first kappa shape index (κ1) is 13.5. The third kappa shape index (κ3) is 3.31. The normalized spacial score (nSPS) is 10.8. The number of ether oxygens (including phenoxy) is 1. The summed E-state index contributed by atoms with van der Waals surface area (Å²) in [5.74, 6) is 1.44. The second-order valence-corrected chi connectivity index (χ2v) is 5.10. The van der Waals surface area contributed by atoms with Crippen molar-refractivity contribution < 1.29 is 4.74 Å². The number of aromatic nitrogens is 2. The standard InChI is InChI=1S/C16H20N2O/c1-11(2)14-6-5-12(3)16(7-14)19-9-15-8-17-10-18-13(15)4/h5-8,10-11H,9H2,1-4H3. The fourth-order valence-corrected chi connectivity index (χ4v) is 1.85. The van der Waals surface area contributed by atoms with Gasteiger partial charge >= 0.3 is 0 Å². The Kier molecular flexibility index (Phi) is 4.15. The quantitative estimate of drug-likeness (QED) is 0.834. The van der Waals surface area contributed by atoms with Crippen molar-refractivity contribution in [3.8, 4) is 5.75 Å². The fourth-order valence-electron chi connectivity index (χ4n) is 1.85. The van der Waals surface area contributed by atoms with Crippen LogP contribution in [0.3, 0.4) is 0 Å². The SMILES string of the molecule is Cc1ccc(C(C)C)cc1OCc1cncnc1C. The molecule has 0 radical (unpaired) electrons. The maximum atomic E-state index is 5.91. The van der Waals surface area contributed by atoms with Crippen LogP contribution < -0.4 is 4.74 Å². The van der Waals surface area contributed by atoms with Crippen LogP contribution in [-0.2, 0) is 6.61 Å². The van der Waals surface area contributed by atoms with Crippen LogP contribution in [0.25, 0.3) is 0 Å². The van der Waals surface area contributed by atoms with Gasteiger partial charge in [0.05, 0.1) is 0 Å². The van der Waals surface area contributed by atoms with E-state index in [1.165, 1.54) is 5.56 Å². The largest absolute Gasteiger partial charge is 0.488 e. The Labute approximate surface area is 114 Å². The molecule has 0 spiro atoms. The molecule has 0 atom stereocenters. The van der Waals surface area contributed by atoms with Crippen LogP contribution in [0.1, 0.15) is 42.1 Å². The van der Waals surface area contributed by atoms with Crippen molar-refractivity contribution in [2.45, 2.75) is 40.2 Å². The molecule has 100 valence electrons. The molecule has 0 saturated heterocycles. The highest BCUT2D eigenvalue weighted by Gasteiger charge is 2.06. The van der Waals surface area contributed by atoms with Gasteiger partial charge in [-0.3, -0.25) is 0 Å². The van der Waals surface area contributed by atoms with Gasteiger partial charge in [0, 0.05) is 17.5 Å². The lowest BCUT2D eigenvalue weighted by Gasteiger charge is -2.13. The number of hydrogen-bond acceptors (Lipinski definition) is 3. The molecule has 3 nitrogen and oxygen atoms in total. The molecule has 1 aromatic heterocycles. The van der Waals surface area contributed by atoms with E-state index in [1.54, 1.807) is 6.33 Å². The van der Waals surface area contributed by atoms with E-state index in [1.807, 2.05) is 13.1 Å². The van der Waals surface area contributed by atoms with Crippen LogP contribution in [0.4, 0.5) is 0 Å². The molecule has 0 saturated carbocycles. The van der Waals surface area contributed by atoms with Gasteiger partial charge in [-0.2, -0.15) is 0 Å². The minimum absolute atomic E-state index is 0.504. The van der Waals surface area contributed by atoms with Gasteiger partial charge < -0.3 is 4.74 Å². The maximum absolute atomic E-state index is 5.91. The molecular weight excluding hydrogens is 236 g/mol. The van der Waals surface area contributed by atoms with E-state index in [0.717, 1.165) is 22.6 Å². The average molecular weight is 256 g/mol. The van der Waals surface area contributed by atoms with Crippen molar-refractivity contribution in [3.63, 3.8) is 0 Å². The lowest BCUT2D eigenvalue weighted by Crippen LogP contribution is -2.02. The third-order valence-electron chi connectivity index (χ3n) is 3.28. The van der Waals surface area contributed by atoms with Gasteiger partial charge in [0.2, 0.25) is 0 Å². The van der Waals surface area contributed by atoms with Gasteiger partial charge in [0.15, 0.2) is 0 Å². The van der Waals surface area contributed by atoms with E-state index in [-0.39, 0.29) is 0 Å². The maximum Gasteiger partial charge on any atom is 0.123 e. The van der Waals surface area contributed by atoms with E-state index in [4.69, 9.17) is 4.74 Å². The van der Waals surface area contributed by atoms with Gasteiger partial charge in [-0.25, -0.2) is 9.97 Å². The molecule has 0 fully saturated rings. The van der Waals surface area contributed by atoms with Crippen LogP contribution in [0.2, 0.25) is 0 Å². The van der Waals surface area contributed by atoms with Gasteiger partial charge in [-0.15, -0.1) is 0 Å². The molecule has 19 heavy (non-hydrogen) atoms. The Morgan fingerprint density at radius 1 is 1.21 bits per heavy atom. The zero-order valence-electron chi connectivity index (χ0n) is 12.0. The van der Waals surface area contributed by atoms with E-state index in [0.29, 0.717) is 12.5 Å². The zero-order valence-corrected chi connectivity index (χ0v) is 12.0. The number of rotatable bonds is 4. The lowest BCUT2D eigenvalue weighted by molar-refractivity contribution is 0.301. The lowest BCUT2D eigenvalue weighted by atomic mass is 10.0. The molecule has 2 rings (SSSR count). The third-order valence-corrected chi connectivity index (χ3v) is 3.28. The predicted molar refractivity (Wildman–Crippen MR) is 76.4 cm³/mol. The molecular formula is C16H20N2O. The van der Waals surface area contributed by atoms with Crippen LogP contribution in [0.5, 0.6) is 5.75 Å². The van der Waals surface area contributed by atoms with Crippen molar-refractivity contribution in [2.24, 2.45) is 0 Å². The summed E-state index contributed by atoms with van der Waals surface area (Å²) in [6.07, 6.45) is 3.37. The molecule has 0 N–H and O–H groups in total. The van der Waals surface area contributed by atoms with Crippen LogP contribution in [-0.4, -0.2) is 9.97 Å².